The smallest absolute Gasteiger partial charge is 0.273 e. The van der Waals surface area contributed by atoms with E-state index in [-0.39, 0.29) is 5.91 Å². The number of aromatic nitrogens is 1. The van der Waals surface area contributed by atoms with E-state index in [1.807, 2.05) is 26.5 Å². The average Bonchev–Trinajstić information content (AvgIpc) is 3.18. The molecule has 0 aliphatic rings. The number of hydrogen-bond donors (Lipinski definition) is 0. The number of carbonyl (C=O) groups excluding carboxylic acids is 1. The van der Waals surface area contributed by atoms with E-state index in [0.717, 1.165) is 28.2 Å². The van der Waals surface area contributed by atoms with Crippen LogP contribution >= 0.6 is 11.3 Å². The number of anilines is 1. The van der Waals surface area contributed by atoms with Gasteiger partial charge in [0.1, 0.15) is 10.7 Å². The number of thiazole rings is 1. The van der Waals surface area contributed by atoms with Crippen LogP contribution in [-0.4, -0.2) is 36.9 Å². The van der Waals surface area contributed by atoms with E-state index in [9.17, 15) is 4.79 Å². The summed E-state index contributed by atoms with van der Waals surface area (Å²) in [5, 5.41) is 2.72. The molecule has 0 saturated carbocycles. The molecule has 1 heterocycles. The molecule has 0 aliphatic carbocycles. The van der Waals surface area contributed by atoms with Crippen LogP contribution in [0.1, 0.15) is 28.5 Å². The molecule has 3 rings (SSSR count). The molecule has 140 valence electrons. The molecule has 5 heteroatoms. The van der Waals surface area contributed by atoms with Crippen molar-refractivity contribution in [3.8, 4) is 10.6 Å². The summed E-state index contributed by atoms with van der Waals surface area (Å²) in [6.45, 7) is 2.70. The molecule has 0 unspecified atom stereocenters. The number of amides is 1. The highest BCUT2D eigenvalue weighted by molar-refractivity contribution is 7.13. The lowest BCUT2D eigenvalue weighted by Gasteiger charge is -2.17. The van der Waals surface area contributed by atoms with Crippen LogP contribution < -0.4 is 4.90 Å². The van der Waals surface area contributed by atoms with Crippen molar-refractivity contribution in [2.75, 3.05) is 26.0 Å². The second kappa shape index (κ2) is 8.35. The summed E-state index contributed by atoms with van der Waals surface area (Å²) in [7, 11) is 5.85. The van der Waals surface area contributed by atoms with E-state index >= 15 is 0 Å². The summed E-state index contributed by atoms with van der Waals surface area (Å²) >= 11 is 1.51. The zero-order chi connectivity index (χ0) is 19.4. The van der Waals surface area contributed by atoms with Gasteiger partial charge >= 0.3 is 0 Å². The zero-order valence-electron chi connectivity index (χ0n) is 16.3. The minimum atomic E-state index is -0.0561. The molecule has 0 fully saturated rings. The predicted octanol–water partition coefficient (Wildman–Crippen LogP) is 4.71. The van der Waals surface area contributed by atoms with E-state index in [4.69, 9.17) is 0 Å². The molecule has 3 aromatic rings. The van der Waals surface area contributed by atoms with Crippen molar-refractivity contribution < 1.29 is 4.79 Å². The van der Waals surface area contributed by atoms with Crippen LogP contribution in [0.3, 0.4) is 0 Å². The van der Waals surface area contributed by atoms with Crippen molar-refractivity contribution in [3.63, 3.8) is 0 Å². The molecule has 0 saturated heterocycles. The van der Waals surface area contributed by atoms with E-state index in [2.05, 4.69) is 65.3 Å². The first-order valence-corrected chi connectivity index (χ1v) is 9.92. The van der Waals surface area contributed by atoms with Gasteiger partial charge in [-0.25, -0.2) is 4.98 Å². The van der Waals surface area contributed by atoms with Crippen LogP contribution in [0.4, 0.5) is 5.69 Å². The maximum absolute atomic E-state index is 12.7. The lowest BCUT2D eigenvalue weighted by molar-refractivity contribution is 0.0780. The first-order valence-electron chi connectivity index (χ1n) is 9.04. The lowest BCUT2D eigenvalue weighted by Crippen LogP contribution is -2.26. The van der Waals surface area contributed by atoms with Gasteiger partial charge in [0.2, 0.25) is 0 Å². The molecule has 0 spiro atoms. The van der Waals surface area contributed by atoms with Crippen LogP contribution in [-0.2, 0) is 13.0 Å². The van der Waals surface area contributed by atoms with Crippen LogP contribution in [0, 0.1) is 0 Å². The second-order valence-corrected chi connectivity index (χ2v) is 7.67. The fourth-order valence-electron chi connectivity index (χ4n) is 2.83. The zero-order valence-corrected chi connectivity index (χ0v) is 17.1. The Hall–Kier alpha value is -2.66. The molecule has 0 atom stereocenters. The Kier molecular flexibility index (Phi) is 5.91. The van der Waals surface area contributed by atoms with Crippen molar-refractivity contribution in [3.05, 3.63) is 70.7 Å². The Bertz CT molecular complexity index is 898. The topological polar surface area (TPSA) is 36.4 Å². The molecule has 0 bridgehead atoms. The summed E-state index contributed by atoms with van der Waals surface area (Å²) in [5.41, 5.74) is 5.10. The number of nitrogens with zero attached hydrogens (tertiary/aromatic N) is 3. The van der Waals surface area contributed by atoms with Crippen molar-refractivity contribution in [2.45, 2.75) is 19.9 Å². The van der Waals surface area contributed by atoms with Crippen LogP contribution in [0.25, 0.3) is 10.6 Å². The van der Waals surface area contributed by atoms with Gasteiger partial charge in [-0.15, -0.1) is 11.3 Å². The van der Waals surface area contributed by atoms with Crippen LogP contribution in [0.2, 0.25) is 0 Å². The summed E-state index contributed by atoms with van der Waals surface area (Å²) in [6, 6.07) is 16.6. The summed E-state index contributed by atoms with van der Waals surface area (Å²) in [4.78, 5) is 21.1. The molecule has 2 aromatic carbocycles. The maximum Gasteiger partial charge on any atom is 0.273 e. The van der Waals surface area contributed by atoms with Crippen molar-refractivity contribution in [1.29, 1.82) is 0 Å². The summed E-state index contributed by atoms with van der Waals surface area (Å²) < 4.78 is 0. The SMILES string of the molecule is CCc1ccc(-c2nc(C(=O)N(C)Cc3ccc(N(C)C)cc3)cs2)cc1. The highest BCUT2D eigenvalue weighted by atomic mass is 32.1. The van der Waals surface area contributed by atoms with E-state index in [0.29, 0.717) is 12.2 Å². The van der Waals surface area contributed by atoms with Crippen molar-refractivity contribution in [2.24, 2.45) is 0 Å². The van der Waals surface area contributed by atoms with E-state index in [1.54, 1.807) is 4.90 Å². The highest BCUT2D eigenvalue weighted by Gasteiger charge is 2.16. The Morgan fingerprint density at radius 1 is 0.963 bits per heavy atom. The van der Waals surface area contributed by atoms with Crippen molar-refractivity contribution in [1.82, 2.24) is 9.88 Å². The Labute approximate surface area is 165 Å². The molecular weight excluding hydrogens is 354 g/mol. The molecular formula is C22H25N3OS. The van der Waals surface area contributed by atoms with Gasteiger partial charge in [-0.05, 0) is 29.7 Å². The van der Waals surface area contributed by atoms with Crippen LogP contribution in [0.15, 0.2) is 53.9 Å². The fourth-order valence-corrected chi connectivity index (χ4v) is 3.63. The number of hydrogen-bond acceptors (Lipinski definition) is 4. The molecule has 27 heavy (non-hydrogen) atoms. The van der Waals surface area contributed by atoms with Gasteiger partial charge in [-0.1, -0.05) is 43.3 Å². The predicted molar refractivity (Wildman–Crippen MR) is 113 cm³/mol. The molecule has 0 N–H and O–H groups in total. The Morgan fingerprint density at radius 3 is 2.19 bits per heavy atom. The van der Waals surface area contributed by atoms with E-state index in [1.165, 1.54) is 16.9 Å². The Balaban J connectivity index is 1.68. The normalized spacial score (nSPS) is 10.7. The van der Waals surface area contributed by atoms with E-state index < -0.39 is 0 Å². The van der Waals surface area contributed by atoms with Gasteiger partial charge in [0.15, 0.2) is 0 Å². The number of rotatable bonds is 6. The average molecular weight is 380 g/mol. The molecule has 0 aliphatic heterocycles. The minimum Gasteiger partial charge on any atom is -0.378 e. The quantitative estimate of drug-likeness (QED) is 0.622. The van der Waals surface area contributed by atoms with Gasteiger partial charge < -0.3 is 9.80 Å². The maximum atomic E-state index is 12.7. The molecule has 1 aromatic heterocycles. The summed E-state index contributed by atoms with van der Waals surface area (Å²) in [5.74, 6) is -0.0561. The van der Waals surface area contributed by atoms with Gasteiger partial charge in [-0.3, -0.25) is 4.79 Å². The molecule has 0 radical (unpaired) electrons. The number of carbonyl (C=O) groups is 1. The van der Waals surface area contributed by atoms with Crippen molar-refractivity contribution >= 4 is 22.9 Å². The molecule has 4 nitrogen and oxygen atoms in total. The highest BCUT2D eigenvalue weighted by Crippen LogP contribution is 2.25. The minimum absolute atomic E-state index is 0.0561. The third-order valence-electron chi connectivity index (χ3n) is 4.55. The molecule has 1 amide bonds. The van der Waals surface area contributed by atoms with Gasteiger partial charge in [0.25, 0.3) is 5.91 Å². The first-order chi connectivity index (χ1) is 13.0. The van der Waals surface area contributed by atoms with Crippen LogP contribution in [0.5, 0.6) is 0 Å². The lowest BCUT2D eigenvalue weighted by atomic mass is 10.1. The number of benzene rings is 2. The Morgan fingerprint density at radius 2 is 1.59 bits per heavy atom. The number of aryl methyl sites for hydroxylation is 1. The third-order valence-corrected chi connectivity index (χ3v) is 5.44. The third kappa shape index (κ3) is 4.55. The second-order valence-electron chi connectivity index (χ2n) is 6.81. The van der Waals surface area contributed by atoms with Gasteiger partial charge in [0.05, 0.1) is 0 Å². The summed E-state index contributed by atoms with van der Waals surface area (Å²) in [6.07, 6.45) is 1.02. The largest absolute Gasteiger partial charge is 0.378 e. The van der Waals surface area contributed by atoms with Gasteiger partial charge in [-0.2, -0.15) is 0 Å². The first kappa shape index (κ1) is 19.1. The monoisotopic (exact) mass is 379 g/mol. The standard InChI is InChI=1S/C22H25N3OS/c1-5-16-6-10-18(11-7-16)21-23-20(15-27-21)22(26)25(4)14-17-8-12-19(13-9-17)24(2)3/h6-13,15H,5,14H2,1-4H3. The fraction of sp³-hybridized carbons (Fsp3) is 0.273. The van der Waals surface area contributed by atoms with Gasteiger partial charge in [0, 0.05) is 44.3 Å².